The fourth-order valence-corrected chi connectivity index (χ4v) is 4.04. The molecule has 1 fully saturated rings. The highest BCUT2D eigenvalue weighted by atomic mass is 79.9. The number of anilines is 1. The first-order chi connectivity index (χ1) is 15.1. The second-order valence-corrected chi connectivity index (χ2v) is 9.76. The molecule has 1 saturated heterocycles. The van der Waals surface area contributed by atoms with Crippen LogP contribution in [0.25, 0.3) is 5.76 Å². The molecule has 1 amide bonds. The molecule has 0 spiro atoms. The summed E-state index contributed by atoms with van der Waals surface area (Å²) in [5.74, 6) is -1.03. The molecule has 6 nitrogen and oxygen atoms in total. The van der Waals surface area contributed by atoms with Crippen LogP contribution < -0.4 is 4.90 Å². The van der Waals surface area contributed by atoms with Gasteiger partial charge < -0.3 is 9.63 Å². The second-order valence-electron chi connectivity index (χ2n) is 8.84. The Morgan fingerprint density at radius 2 is 1.69 bits per heavy atom. The fraction of sp³-hybridized carbons (Fsp3) is 0.240. The lowest BCUT2D eigenvalue weighted by molar-refractivity contribution is -0.132. The van der Waals surface area contributed by atoms with Crippen LogP contribution in [0.3, 0.4) is 0 Å². The molecule has 0 saturated carbocycles. The number of Topliss-reactive ketones (excluding diaryl/α,β-unsaturated/α-hetero) is 1. The average molecular weight is 495 g/mol. The SMILES string of the molecule is Cc1cc(N2C(=O)C(=O)/C(=C(/O)c3ccc(Br)cc3)C2c2ccc(C(C)(C)C)cc2)no1. The minimum Gasteiger partial charge on any atom is -0.507 e. The van der Waals surface area contributed by atoms with Crippen LogP contribution in [0.5, 0.6) is 0 Å². The molecule has 1 aliphatic rings. The standard InChI is InChI=1S/C25H23BrN2O4/c1-14-13-19(27-32-14)28-21(15-5-9-17(10-6-15)25(2,3)4)20(23(30)24(28)31)22(29)16-7-11-18(26)12-8-16/h5-13,21,29H,1-4H3/b22-20+. The number of halogens is 1. The van der Waals surface area contributed by atoms with Crippen molar-refractivity contribution in [2.24, 2.45) is 0 Å². The molecule has 32 heavy (non-hydrogen) atoms. The summed E-state index contributed by atoms with van der Waals surface area (Å²) in [6, 6.07) is 15.4. The number of nitrogens with zero attached hydrogens (tertiary/aromatic N) is 2. The lowest BCUT2D eigenvalue weighted by atomic mass is 9.85. The van der Waals surface area contributed by atoms with Crippen LogP contribution >= 0.6 is 15.9 Å². The number of ketones is 1. The van der Waals surface area contributed by atoms with E-state index in [9.17, 15) is 14.7 Å². The zero-order valence-electron chi connectivity index (χ0n) is 18.2. The monoisotopic (exact) mass is 494 g/mol. The lowest BCUT2D eigenvalue weighted by Gasteiger charge is -2.24. The Hall–Kier alpha value is -3.19. The van der Waals surface area contributed by atoms with Crippen LogP contribution in [0.1, 0.15) is 49.3 Å². The predicted octanol–water partition coefficient (Wildman–Crippen LogP) is 5.67. The maximum atomic E-state index is 13.1. The Morgan fingerprint density at radius 1 is 1.06 bits per heavy atom. The summed E-state index contributed by atoms with van der Waals surface area (Å²) in [6.07, 6.45) is 0. The number of carbonyl (C=O) groups excluding carboxylic acids is 2. The van der Waals surface area contributed by atoms with Crippen molar-refractivity contribution in [3.05, 3.63) is 87.1 Å². The highest BCUT2D eigenvalue weighted by Crippen LogP contribution is 2.42. The third-order valence-electron chi connectivity index (χ3n) is 5.52. The number of aliphatic hydroxyl groups is 1. The summed E-state index contributed by atoms with van der Waals surface area (Å²) in [5.41, 5.74) is 2.21. The van der Waals surface area contributed by atoms with Gasteiger partial charge in [-0.05, 0) is 35.6 Å². The van der Waals surface area contributed by atoms with Crippen molar-refractivity contribution in [3.8, 4) is 0 Å². The first kappa shape index (κ1) is 22.0. The molecule has 0 bridgehead atoms. The maximum absolute atomic E-state index is 13.1. The Bertz CT molecular complexity index is 1220. The summed E-state index contributed by atoms with van der Waals surface area (Å²) >= 11 is 3.37. The van der Waals surface area contributed by atoms with E-state index < -0.39 is 17.7 Å². The average Bonchev–Trinajstić information content (AvgIpc) is 3.28. The van der Waals surface area contributed by atoms with Crippen molar-refractivity contribution in [2.45, 2.75) is 39.2 Å². The van der Waals surface area contributed by atoms with Gasteiger partial charge in [0.25, 0.3) is 5.78 Å². The molecule has 0 radical (unpaired) electrons. The van der Waals surface area contributed by atoms with Crippen molar-refractivity contribution in [2.75, 3.05) is 4.90 Å². The van der Waals surface area contributed by atoms with Crippen LogP contribution in [0.15, 0.2) is 69.2 Å². The van der Waals surface area contributed by atoms with Crippen LogP contribution in [-0.4, -0.2) is 22.0 Å². The van der Waals surface area contributed by atoms with Crippen LogP contribution in [0.4, 0.5) is 5.82 Å². The highest BCUT2D eigenvalue weighted by Gasteiger charge is 2.48. The van der Waals surface area contributed by atoms with E-state index in [0.29, 0.717) is 16.9 Å². The van der Waals surface area contributed by atoms with Crippen molar-refractivity contribution in [1.82, 2.24) is 5.16 Å². The number of amides is 1. The number of aryl methyl sites for hydroxylation is 1. The van der Waals surface area contributed by atoms with Gasteiger partial charge in [0.05, 0.1) is 11.6 Å². The summed E-state index contributed by atoms with van der Waals surface area (Å²) < 4.78 is 6.00. The van der Waals surface area contributed by atoms with E-state index in [1.54, 1.807) is 37.3 Å². The molecule has 2 heterocycles. The van der Waals surface area contributed by atoms with Crippen molar-refractivity contribution in [1.29, 1.82) is 0 Å². The molecule has 4 rings (SSSR count). The molecule has 164 valence electrons. The van der Waals surface area contributed by atoms with E-state index in [2.05, 4.69) is 41.9 Å². The van der Waals surface area contributed by atoms with E-state index in [-0.39, 0.29) is 22.6 Å². The van der Waals surface area contributed by atoms with Crippen LogP contribution in [0, 0.1) is 6.92 Å². The Balaban J connectivity index is 1.91. The van der Waals surface area contributed by atoms with E-state index in [1.807, 2.05) is 24.3 Å². The lowest BCUT2D eigenvalue weighted by Crippen LogP contribution is -2.29. The highest BCUT2D eigenvalue weighted by molar-refractivity contribution is 9.10. The Labute approximate surface area is 194 Å². The molecule has 1 aliphatic heterocycles. The third kappa shape index (κ3) is 3.88. The molecular weight excluding hydrogens is 472 g/mol. The molecule has 1 N–H and O–H groups in total. The van der Waals surface area contributed by atoms with Gasteiger partial charge in [0, 0.05) is 16.1 Å². The number of rotatable bonds is 3. The minimum atomic E-state index is -0.836. The van der Waals surface area contributed by atoms with E-state index >= 15 is 0 Å². The molecule has 1 aromatic heterocycles. The fourth-order valence-electron chi connectivity index (χ4n) is 3.78. The summed E-state index contributed by atoms with van der Waals surface area (Å²) in [5, 5.41) is 15.1. The number of benzene rings is 2. The Kier molecular flexibility index (Phi) is 5.54. The van der Waals surface area contributed by atoms with Gasteiger partial charge in [-0.2, -0.15) is 0 Å². The van der Waals surface area contributed by atoms with Gasteiger partial charge in [-0.1, -0.05) is 78.3 Å². The molecule has 1 atom stereocenters. The Morgan fingerprint density at radius 3 is 2.22 bits per heavy atom. The number of hydrogen-bond donors (Lipinski definition) is 1. The number of aromatic nitrogens is 1. The molecule has 2 aromatic carbocycles. The zero-order valence-corrected chi connectivity index (χ0v) is 19.8. The van der Waals surface area contributed by atoms with Gasteiger partial charge in [0.15, 0.2) is 5.82 Å². The first-order valence-corrected chi connectivity index (χ1v) is 11.0. The quantitative estimate of drug-likeness (QED) is 0.288. The van der Waals surface area contributed by atoms with Gasteiger partial charge in [-0.15, -0.1) is 0 Å². The zero-order chi connectivity index (χ0) is 23.2. The van der Waals surface area contributed by atoms with Crippen LogP contribution in [0.2, 0.25) is 0 Å². The van der Waals surface area contributed by atoms with Gasteiger partial charge >= 0.3 is 5.91 Å². The summed E-state index contributed by atoms with van der Waals surface area (Å²) in [7, 11) is 0. The molecule has 1 unspecified atom stereocenters. The van der Waals surface area contributed by atoms with Crippen LogP contribution in [-0.2, 0) is 15.0 Å². The maximum Gasteiger partial charge on any atom is 0.301 e. The molecule has 0 aliphatic carbocycles. The van der Waals surface area contributed by atoms with Crippen molar-refractivity contribution >= 4 is 39.2 Å². The smallest absolute Gasteiger partial charge is 0.301 e. The third-order valence-corrected chi connectivity index (χ3v) is 6.05. The van der Waals surface area contributed by atoms with E-state index in [4.69, 9.17) is 4.52 Å². The van der Waals surface area contributed by atoms with Crippen molar-refractivity contribution in [3.63, 3.8) is 0 Å². The summed E-state index contributed by atoms with van der Waals surface area (Å²) in [6.45, 7) is 8.04. The van der Waals surface area contributed by atoms with Gasteiger partial charge in [-0.25, -0.2) is 0 Å². The van der Waals surface area contributed by atoms with Gasteiger partial charge in [0.1, 0.15) is 11.5 Å². The van der Waals surface area contributed by atoms with Gasteiger partial charge in [0.2, 0.25) is 0 Å². The normalized spacial score (nSPS) is 18.4. The topological polar surface area (TPSA) is 83.6 Å². The molecule has 3 aromatic rings. The number of aliphatic hydroxyl groups excluding tert-OH is 1. The first-order valence-electron chi connectivity index (χ1n) is 10.2. The van der Waals surface area contributed by atoms with Gasteiger partial charge in [-0.3, -0.25) is 14.5 Å². The summed E-state index contributed by atoms with van der Waals surface area (Å²) in [4.78, 5) is 27.5. The van der Waals surface area contributed by atoms with E-state index in [0.717, 1.165) is 10.0 Å². The second kappa shape index (κ2) is 8.06. The molecule has 7 heteroatoms. The predicted molar refractivity (Wildman–Crippen MR) is 125 cm³/mol. The number of carbonyl (C=O) groups is 2. The molecular formula is C25H23BrN2O4. The van der Waals surface area contributed by atoms with Crippen molar-refractivity contribution < 1.29 is 19.2 Å². The largest absolute Gasteiger partial charge is 0.507 e. The number of hydrogen-bond acceptors (Lipinski definition) is 5. The van der Waals surface area contributed by atoms with E-state index in [1.165, 1.54) is 4.90 Å². The minimum absolute atomic E-state index is 0.0153.